The molecule has 0 spiro atoms. The number of rotatable bonds is 6. The second kappa shape index (κ2) is 6.78. The summed E-state index contributed by atoms with van der Waals surface area (Å²) in [6.45, 7) is 1.42. The third-order valence-corrected chi connectivity index (χ3v) is 4.10. The number of methoxy groups -OCH3 is 1. The molecule has 2 nitrogen and oxygen atoms in total. The van der Waals surface area contributed by atoms with Gasteiger partial charge in [-0.1, -0.05) is 30.3 Å². The van der Waals surface area contributed by atoms with Crippen molar-refractivity contribution in [1.29, 1.82) is 0 Å². The predicted molar refractivity (Wildman–Crippen MR) is 79.1 cm³/mol. The highest BCUT2D eigenvalue weighted by molar-refractivity contribution is 7.99. The molecule has 0 aliphatic heterocycles. The number of fused-ring (bicyclic) bond motifs is 1. The summed E-state index contributed by atoms with van der Waals surface area (Å²) in [5.74, 6) is 1.08. The summed E-state index contributed by atoms with van der Waals surface area (Å²) >= 11 is 1.89. The molecule has 0 atom stereocenters. The van der Waals surface area contributed by atoms with Crippen LogP contribution < -0.4 is 5.73 Å². The number of ether oxygens (including phenoxy) is 1. The van der Waals surface area contributed by atoms with Crippen LogP contribution in [0.4, 0.5) is 0 Å². The molecule has 0 saturated carbocycles. The summed E-state index contributed by atoms with van der Waals surface area (Å²) in [5.41, 5.74) is 7.00. The average molecular weight is 261 g/mol. The Morgan fingerprint density at radius 2 is 1.89 bits per heavy atom. The van der Waals surface area contributed by atoms with Crippen molar-refractivity contribution in [2.45, 2.75) is 17.9 Å². The Morgan fingerprint density at radius 1 is 1.11 bits per heavy atom. The molecule has 0 radical (unpaired) electrons. The second-order valence-electron chi connectivity index (χ2n) is 4.17. The Kier molecular flexibility index (Phi) is 5.05. The van der Waals surface area contributed by atoms with Gasteiger partial charge in [0.2, 0.25) is 0 Å². The van der Waals surface area contributed by atoms with Crippen LogP contribution >= 0.6 is 11.8 Å². The minimum atomic E-state index is 0.592. The maximum Gasteiger partial charge on any atom is 0.0470 e. The summed E-state index contributed by atoms with van der Waals surface area (Å²) in [5, 5.41) is 2.58. The minimum Gasteiger partial charge on any atom is -0.385 e. The van der Waals surface area contributed by atoms with Gasteiger partial charge >= 0.3 is 0 Å². The summed E-state index contributed by atoms with van der Waals surface area (Å²) in [6.07, 6.45) is 1.08. The van der Waals surface area contributed by atoms with Crippen LogP contribution in [-0.4, -0.2) is 19.5 Å². The van der Waals surface area contributed by atoms with E-state index in [-0.39, 0.29) is 0 Å². The normalized spacial score (nSPS) is 11.0. The first kappa shape index (κ1) is 13.4. The highest BCUT2D eigenvalue weighted by Gasteiger charge is 2.04. The lowest BCUT2D eigenvalue weighted by Crippen LogP contribution is -1.97. The zero-order valence-electron chi connectivity index (χ0n) is 10.7. The van der Waals surface area contributed by atoms with Crippen molar-refractivity contribution in [3.63, 3.8) is 0 Å². The number of nitrogens with two attached hydrogens (primary N) is 1. The quantitative estimate of drug-likeness (QED) is 0.639. The zero-order valence-corrected chi connectivity index (χ0v) is 11.5. The van der Waals surface area contributed by atoms with Gasteiger partial charge in [0.25, 0.3) is 0 Å². The van der Waals surface area contributed by atoms with Gasteiger partial charge in [0, 0.05) is 30.9 Å². The molecule has 0 amide bonds. The van der Waals surface area contributed by atoms with E-state index in [1.807, 2.05) is 11.8 Å². The van der Waals surface area contributed by atoms with Crippen LogP contribution in [-0.2, 0) is 11.3 Å². The Hall–Kier alpha value is -1.03. The summed E-state index contributed by atoms with van der Waals surface area (Å²) in [4.78, 5) is 1.33. The molecule has 96 valence electrons. The van der Waals surface area contributed by atoms with Gasteiger partial charge in [-0.25, -0.2) is 0 Å². The van der Waals surface area contributed by atoms with Crippen LogP contribution in [0.15, 0.2) is 41.3 Å². The van der Waals surface area contributed by atoms with Crippen LogP contribution in [0.3, 0.4) is 0 Å². The number of hydrogen-bond acceptors (Lipinski definition) is 3. The maximum absolute atomic E-state index is 5.78. The topological polar surface area (TPSA) is 35.2 Å². The highest BCUT2D eigenvalue weighted by atomic mass is 32.2. The number of benzene rings is 2. The third kappa shape index (κ3) is 3.05. The summed E-state index contributed by atoms with van der Waals surface area (Å²) in [6, 6.07) is 12.8. The lowest BCUT2D eigenvalue weighted by atomic mass is 10.0. The largest absolute Gasteiger partial charge is 0.385 e. The molecule has 2 N–H and O–H groups in total. The van der Waals surface area contributed by atoms with E-state index < -0.39 is 0 Å². The molecule has 18 heavy (non-hydrogen) atoms. The van der Waals surface area contributed by atoms with Gasteiger partial charge < -0.3 is 10.5 Å². The molecule has 0 fully saturated rings. The van der Waals surface area contributed by atoms with Crippen molar-refractivity contribution < 1.29 is 4.74 Å². The molecule has 0 aliphatic carbocycles. The lowest BCUT2D eigenvalue weighted by molar-refractivity contribution is 0.200. The second-order valence-corrected chi connectivity index (χ2v) is 5.30. The molecule has 0 unspecified atom stereocenters. The van der Waals surface area contributed by atoms with Gasteiger partial charge in [0.15, 0.2) is 0 Å². The average Bonchev–Trinajstić information content (AvgIpc) is 2.43. The molecule has 0 saturated heterocycles. The molecule has 0 heterocycles. The Morgan fingerprint density at radius 3 is 2.61 bits per heavy atom. The van der Waals surface area contributed by atoms with Crippen LogP contribution in [0.5, 0.6) is 0 Å². The Labute approximate surface area is 113 Å². The number of hydrogen-bond donors (Lipinski definition) is 1. The molecule has 0 aliphatic rings. The summed E-state index contributed by atoms with van der Waals surface area (Å²) in [7, 11) is 1.75. The molecular formula is C15H19NOS. The molecule has 2 rings (SSSR count). The van der Waals surface area contributed by atoms with Crippen LogP contribution in [0.25, 0.3) is 10.8 Å². The Balaban J connectivity index is 2.23. The standard InChI is InChI=1S/C15H19NOS/c1-17-9-4-10-18-15-8-7-12(11-16)13-5-2-3-6-14(13)15/h2-3,5-8H,4,9-11,16H2,1H3. The van der Waals surface area contributed by atoms with E-state index in [0.717, 1.165) is 18.8 Å². The fourth-order valence-electron chi connectivity index (χ4n) is 2.02. The van der Waals surface area contributed by atoms with E-state index in [1.165, 1.54) is 21.2 Å². The molecule has 2 aromatic rings. The first-order chi connectivity index (χ1) is 8.86. The smallest absolute Gasteiger partial charge is 0.0470 e. The third-order valence-electron chi connectivity index (χ3n) is 2.94. The van der Waals surface area contributed by atoms with E-state index in [9.17, 15) is 0 Å². The predicted octanol–water partition coefficient (Wildman–Crippen LogP) is 3.43. The van der Waals surface area contributed by atoms with E-state index in [4.69, 9.17) is 10.5 Å². The van der Waals surface area contributed by atoms with Crippen molar-refractivity contribution in [2.24, 2.45) is 5.73 Å². The summed E-state index contributed by atoms with van der Waals surface area (Å²) < 4.78 is 5.07. The van der Waals surface area contributed by atoms with Gasteiger partial charge in [-0.05, 0) is 28.8 Å². The first-order valence-electron chi connectivity index (χ1n) is 6.19. The van der Waals surface area contributed by atoms with Crippen LogP contribution in [0.2, 0.25) is 0 Å². The molecule has 2 aromatic carbocycles. The van der Waals surface area contributed by atoms with E-state index >= 15 is 0 Å². The van der Waals surface area contributed by atoms with Crippen molar-refractivity contribution in [3.05, 3.63) is 42.0 Å². The van der Waals surface area contributed by atoms with Crippen molar-refractivity contribution in [2.75, 3.05) is 19.5 Å². The van der Waals surface area contributed by atoms with Crippen molar-refractivity contribution in [3.8, 4) is 0 Å². The minimum absolute atomic E-state index is 0.592. The SMILES string of the molecule is COCCCSc1ccc(CN)c2ccccc12. The van der Waals surface area contributed by atoms with Crippen molar-refractivity contribution in [1.82, 2.24) is 0 Å². The lowest BCUT2D eigenvalue weighted by Gasteiger charge is -2.09. The highest BCUT2D eigenvalue weighted by Crippen LogP contribution is 2.30. The van der Waals surface area contributed by atoms with Gasteiger partial charge in [0.1, 0.15) is 0 Å². The van der Waals surface area contributed by atoms with Gasteiger partial charge in [-0.3, -0.25) is 0 Å². The number of thioether (sulfide) groups is 1. The molecular weight excluding hydrogens is 242 g/mol. The van der Waals surface area contributed by atoms with E-state index in [1.54, 1.807) is 7.11 Å². The van der Waals surface area contributed by atoms with Crippen LogP contribution in [0, 0.1) is 0 Å². The van der Waals surface area contributed by atoms with E-state index in [2.05, 4.69) is 36.4 Å². The Bertz CT molecular complexity index is 513. The fraction of sp³-hybridized carbons (Fsp3) is 0.333. The maximum atomic E-state index is 5.78. The molecule has 0 bridgehead atoms. The van der Waals surface area contributed by atoms with Gasteiger partial charge in [0.05, 0.1) is 0 Å². The van der Waals surface area contributed by atoms with Gasteiger partial charge in [-0.2, -0.15) is 0 Å². The van der Waals surface area contributed by atoms with Crippen LogP contribution in [0.1, 0.15) is 12.0 Å². The fourth-order valence-corrected chi connectivity index (χ4v) is 3.00. The molecule has 3 heteroatoms. The van der Waals surface area contributed by atoms with Crippen molar-refractivity contribution >= 4 is 22.5 Å². The van der Waals surface area contributed by atoms with Gasteiger partial charge in [-0.15, -0.1) is 11.8 Å². The molecule has 0 aromatic heterocycles. The zero-order chi connectivity index (χ0) is 12.8. The van der Waals surface area contributed by atoms with E-state index in [0.29, 0.717) is 6.54 Å². The monoisotopic (exact) mass is 261 g/mol. The first-order valence-corrected chi connectivity index (χ1v) is 7.18.